The second kappa shape index (κ2) is 7.75. The van der Waals surface area contributed by atoms with Gasteiger partial charge in [0.05, 0.1) is 0 Å². The number of hydrogen-bond acceptors (Lipinski definition) is 4. The highest BCUT2D eigenvalue weighted by Crippen LogP contribution is 2.27. The molecule has 0 spiro atoms. The molecule has 1 fully saturated rings. The third-order valence-corrected chi connectivity index (χ3v) is 4.38. The Bertz CT molecular complexity index is 940. The Morgan fingerprint density at radius 3 is 2.22 bits per heavy atom. The Morgan fingerprint density at radius 2 is 1.59 bits per heavy atom. The molecule has 4 amide bonds. The number of barbiturate groups is 1. The van der Waals surface area contributed by atoms with Gasteiger partial charge in [0, 0.05) is 10.0 Å². The van der Waals surface area contributed by atoms with Crippen LogP contribution in [0.5, 0.6) is 5.75 Å². The Morgan fingerprint density at radius 1 is 0.963 bits per heavy atom. The number of ether oxygens (including phenoxy) is 1. The molecule has 138 valence electrons. The van der Waals surface area contributed by atoms with E-state index in [0.717, 1.165) is 21.2 Å². The standard InChI is InChI=1S/C20H17BrN2O4/c1-11-5-12(2)7-13(6-11)10-27-17-4-3-15(21)8-14(17)9-16-18(24)22-20(26)23-19(16)25/h3-9H,10H2,1-2H3,(H2,22,23,24,25,26). The van der Waals surface area contributed by atoms with Crippen LogP contribution >= 0.6 is 15.9 Å². The Hall–Kier alpha value is -2.93. The molecule has 0 atom stereocenters. The smallest absolute Gasteiger partial charge is 0.328 e. The van der Waals surface area contributed by atoms with Crippen LogP contribution in [0.2, 0.25) is 0 Å². The first-order valence-electron chi connectivity index (χ1n) is 8.20. The lowest BCUT2D eigenvalue weighted by Gasteiger charge is -2.15. The first-order valence-corrected chi connectivity index (χ1v) is 8.99. The van der Waals surface area contributed by atoms with Gasteiger partial charge in [-0.3, -0.25) is 20.2 Å². The number of amides is 4. The van der Waals surface area contributed by atoms with Crippen molar-refractivity contribution in [2.45, 2.75) is 20.5 Å². The van der Waals surface area contributed by atoms with Gasteiger partial charge in [0.15, 0.2) is 0 Å². The number of hydrogen-bond donors (Lipinski definition) is 2. The zero-order chi connectivity index (χ0) is 19.6. The molecular formula is C20H17BrN2O4. The topological polar surface area (TPSA) is 84.5 Å². The maximum atomic E-state index is 12.0. The monoisotopic (exact) mass is 428 g/mol. The van der Waals surface area contributed by atoms with E-state index >= 15 is 0 Å². The van der Waals surface area contributed by atoms with Gasteiger partial charge in [-0.05, 0) is 43.7 Å². The summed E-state index contributed by atoms with van der Waals surface area (Å²) in [5.41, 5.74) is 3.69. The number of carbonyl (C=O) groups is 3. The van der Waals surface area contributed by atoms with Crippen molar-refractivity contribution in [3.05, 3.63) is 68.7 Å². The van der Waals surface area contributed by atoms with Gasteiger partial charge in [-0.25, -0.2) is 4.79 Å². The highest BCUT2D eigenvalue weighted by Gasteiger charge is 2.28. The molecule has 1 aliphatic heterocycles. The van der Waals surface area contributed by atoms with Crippen molar-refractivity contribution in [2.24, 2.45) is 0 Å². The predicted octanol–water partition coefficient (Wildman–Crippen LogP) is 3.39. The lowest BCUT2D eigenvalue weighted by molar-refractivity contribution is -0.123. The lowest BCUT2D eigenvalue weighted by Crippen LogP contribution is -2.51. The van der Waals surface area contributed by atoms with Gasteiger partial charge in [-0.2, -0.15) is 0 Å². The third kappa shape index (κ3) is 4.62. The van der Waals surface area contributed by atoms with Crippen molar-refractivity contribution in [1.82, 2.24) is 10.6 Å². The van der Waals surface area contributed by atoms with E-state index in [0.29, 0.717) is 17.9 Å². The lowest BCUT2D eigenvalue weighted by atomic mass is 10.1. The van der Waals surface area contributed by atoms with Crippen LogP contribution in [0.1, 0.15) is 22.3 Å². The number of halogens is 1. The molecule has 6 nitrogen and oxygen atoms in total. The van der Waals surface area contributed by atoms with E-state index in [4.69, 9.17) is 4.74 Å². The molecule has 2 aromatic rings. The summed E-state index contributed by atoms with van der Waals surface area (Å²) in [6.07, 6.45) is 1.40. The van der Waals surface area contributed by atoms with Crippen LogP contribution in [-0.4, -0.2) is 17.8 Å². The summed E-state index contributed by atoms with van der Waals surface area (Å²) in [5.74, 6) is -0.977. The summed E-state index contributed by atoms with van der Waals surface area (Å²) in [6.45, 7) is 4.39. The molecule has 1 aliphatic rings. The average molecular weight is 429 g/mol. The van der Waals surface area contributed by atoms with Crippen LogP contribution in [0, 0.1) is 13.8 Å². The molecule has 0 aliphatic carbocycles. The van der Waals surface area contributed by atoms with Crippen LogP contribution in [0.15, 0.2) is 46.4 Å². The van der Waals surface area contributed by atoms with Gasteiger partial charge < -0.3 is 4.74 Å². The Balaban J connectivity index is 1.89. The minimum Gasteiger partial charge on any atom is -0.488 e. The van der Waals surface area contributed by atoms with Crippen LogP contribution in [-0.2, 0) is 16.2 Å². The summed E-state index contributed by atoms with van der Waals surface area (Å²) < 4.78 is 6.69. The number of urea groups is 1. The van der Waals surface area contributed by atoms with E-state index in [-0.39, 0.29) is 5.57 Å². The normalized spacial score (nSPS) is 13.9. The molecule has 0 saturated carbocycles. The fraction of sp³-hybridized carbons (Fsp3) is 0.150. The number of imide groups is 2. The van der Waals surface area contributed by atoms with E-state index in [1.165, 1.54) is 6.08 Å². The molecule has 0 bridgehead atoms. The number of carbonyl (C=O) groups excluding carboxylic acids is 3. The molecule has 27 heavy (non-hydrogen) atoms. The first kappa shape index (κ1) is 18.8. The fourth-order valence-electron chi connectivity index (χ4n) is 2.84. The van der Waals surface area contributed by atoms with Crippen molar-refractivity contribution in [2.75, 3.05) is 0 Å². The maximum Gasteiger partial charge on any atom is 0.328 e. The molecule has 7 heteroatoms. The maximum absolute atomic E-state index is 12.0. The van der Waals surface area contributed by atoms with Crippen molar-refractivity contribution in [3.8, 4) is 5.75 Å². The molecule has 0 radical (unpaired) electrons. The first-order chi connectivity index (χ1) is 12.8. The van der Waals surface area contributed by atoms with Crippen molar-refractivity contribution >= 4 is 39.9 Å². The molecule has 1 saturated heterocycles. The van der Waals surface area contributed by atoms with Crippen LogP contribution in [0.3, 0.4) is 0 Å². The zero-order valence-corrected chi connectivity index (χ0v) is 16.3. The largest absolute Gasteiger partial charge is 0.488 e. The summed E-state index contributed by atoms with van der Waals surface area (Å²) in [4.78, 5) is 35.1. The number of rotatable bonds is 4. The van der Waals surface area contributed by atoms with Crippen LogP contribution in [0.25, 0.3) is 6.08 Å². The van der Waals surface area contributed by atoms with Crippen molar-refractivity contribution < 1.29 is 19.1 Å². The third-order valence-electron chi connectivity index (χ3n) is 3.89. The molecule has 0 unspecified atom stereocenters. The minimum absolute atomic E-state index is 0.163. The van der Waals surface area contributed by atoms with Crippen LogP contribution in [0.4, 0.5) is 4.79 Å². The molecule has 2 N–H and O–H groups in total. The molecule has 1 heterocycles. The fourth-order valence-corrected chi connectivity index (χ4v) is 3.22. The summed E-state index contributed by atoms with van der Waals surface area (Å²) in [7, 11) is 0. The molecule has 2 aromatic carbocycles. The van der Waals surface area contributed by atoms with Crippen molar-refractivity contribution in [3.63, 3.8) is 0 Å². The summed E-state index contributed by atoms with van der Waals surface area (Å²) in [5, 5.41) is 4.11. The second-order valence-corrected chi connectivity index (χ2v) is 7.18. The van der Waals surface area contributed by atoms with Gasteiger partial charge in [0.25, 0.3) is 11.8 Å². The molecule has 0 aromatic heterocycles. The number of nitrogens with one attached hydrogen (secondary N) is 2. The van der Waals surface area contributed by atoms with E-state index in [2.05, 4.69) is 32.6 Å². The Kier molecular flexibility index (Phi) is 5.41. The highest BCUT2D eigenvalue weighted by atomic mass is 79.9. The van der Waals surface area contributed by atoms with Gasteiger partial charge >= 0.3 is 6.03 Å². The zero-order valence-electron chi connectivity index (χ0n) is 14.8. The minimum atomic E-state index is -0.831. The van der Waals surface area contributed by atoms with Crippen molar-refractivity contribution in [1.29, 1.82) is 0 Å². The SMILES string of the molecule is Cc1cc(C)cc(COc2ccc(Br)cc2C=C2C(=O)NC(=O)NC2=O)c1. The van der Waals surface area contributed by atoms with E-state index < -0.39 is 17.8 Å². The molecule has 3 rings (SSSR count). The summed E-state index contributed by atoms with van der Waals surface area (Å²) in [6, 6.07) is 10.6. The highest BCUT2D eigenvalue weighted by molar-refractivity contribution is 9.10. The van der Waals surface area contributed by atoms with Gasteiger partial charge in [-0.1, -0.05) is 45.3 Å². The summed E-state index contributed by atoms with van der Waals surface area (Å²) >= 11 is 3.38. The predicted molar refractivity (Wildman–Crippen MR) is 104 cm³/mol. The Labute approximate surface area is 164 Å². The van der Waals surface area contributed by atoms with E-state index in [9.17, 15) is 14.4 Å². The van der Waals surface area contributed by atoms with Gasteiger partial charge in [0.2, 0.25) is 0 Å². The quantitative estimate of drug-likeness (QED) is 0.577. The van der Waals surface area contributed by atoms with Gasteiger partial charge in [0.1, 0.15) is 17.9 Å². The van der Waals surface area contributed by atoms with E-state index in [1.54, 1.807) is 12.1 Å². The molecular weight excluding hydrogens is 412 g/mol. The average Bonchev–Trinajstić information content (AvgIpc) is 2.56. The van der Waals surface area contributed by atoms with Gasteiger partial charge in [-0.15, -0.1) is 0 Å². The second-order valence-electron chi connectivity index (χ2n) is 6.26. The number of aryl methyl sites for hydroxylation is 2. The van der Waals surface area contributed by atoms with E-state index in [1.807, 2.05) is 32.0 Å². The number of benzene rings is 2. The van der Waals surface area contributed by atoms with Crippen LogP contribution < -0.4 is 15.4 Å².